The van der Waals surface area contributed by atoms with Gasteiger partial charge in [-0.25, -0.2) is 0 Å². The summed E-state index contributed by atoms with van der Waals surface area (Å²) in [5.41, 5.74) is 1.31. The molecule has 1 unspecified atom stereocenters. The van der Waals surface area contributed by atoms with Gasteiger partial charge in [0.05, 0.1) is 6.04 Å². The van der Waals surface area contributed by atoms with E-state index >= 15 is 0 Å². The van der Waals surface area contributed by atoms with E-state index < -0.39 is 0 Å². The molecule has 3 nitrogen and oxygen atoms in total. The van der Waals surface area contributed by atoms with Gasteiger partial charge in [-0.3, -0.25) is 4.68 Å². The lowest BCUT2D eigenvalue weighted by Gasteiger charge is -2.10. The van der Waals surface area contributed by atoms with Crippen LogP contribution < -0.4 is 5.32 Å². The minimum atomic E-state index is 0.316. The summed E-state index contributed by atoms with van der Waals surface area (Å²) in [7, 11) is 1.92. The molecule has 1 N–H and O–H groups in total. The van der Waals surface area contributed by atoms with Crippen molar-refractivity contribution in [2.24, 2.45) is 7.05 Å². The van der Waals surface area contributed by atoms with Crippen LogP contribution in [-0.2, 0) is 7.05 Å². The van der Waals surface area contributed by atoms with Gasteiger partial charge in [0.15, 0.2) is 0 Å². The molecule has 4 heteroatoms. The van der Waals surface area contributed by atoms with Crippen LogP contribution in [0.25, 0.3) is 0 Å². The Morgan fingerprint density at radius 2 is 2.36 bits per heavy atom. The molecule has 0 aliphatic carbocycles. The number of hydrogen-bond donors (Lipinski definition) is 1. The molecule has 0 fully saturated rings. The molecule has 0 bridgehead atoms. The smallest absolute Gasteiger partial charge is 0.148 e. The van der Waals surface area contributed by atoms with Crippen LogP contribution in [0, 0.1) is 0 Å². The molecular weight excluding hydrogens is 194 g/mol. The number of aryl methyl sites for hydroxylation is 1. The molecule has 0 radical (unpaired) electrons. The monoisotopic (exact) mass is 207 g/mol. The number of rotatable bonds is 3. The number of aromatic nitrogens is 2. The molecule has 14 heavy (non-hydrogen) atoms. The van der Waals surface area contributed by atoms with Crippen LogP contribution in [0.1, 0.15) is 18.5 Å². The Morgan fingerprint density at radius 1 is 1.50 bits per heavy atom. The number of hydrogen-bond acceptors (Lipinski definition) is 3. The summed E-state index contributed by atoms with van der Waals surface area (Å²) in [6, 6.07) is 4.42. The maximum absolute atomic E-state index is 4.27. The minimum absolute atomic E-state index is 0.316. The third kappa shape index (κ3) is 1.96. The van der Waals surface area contributed by atoms with Gasteiger partial charge >= 0.3 is 0 Å². The van der Waals surface area contributed by atoms with Crippen LogP contribution in [0.5, 0.6) is 0 Å². The zero-order valence-electron chi connectivity index (χ0n) is 8.27. The average molecular weight is 207 g/mol. The van der Waals surface area contributed by atoms with Gasteiger partial charge in [0.2, 0.25) is 0 Å². The van der Waals surface area contributed by atoms with E-state index in [-0.39, 0.29) is 0 Å². The first-order chi connectivity index (χ1) is 6.75. The minimum Gasteiger partial charge on any atom is -0.362 e. The van der Waals surface area contributed by atoms with E-state index in [9.17, 15) is 0 Å². The van der Waals surface area contributed by atoms with Crippen LogP contribution in [0.4, 0.5) is 5.82 Å². The van der Waals surface area contributed by atoms with E-state index in [0.717, 1.165) is 5.82 Å². The van der Waals surface area contributed by atoms with Crippen LogP contribution in [-0.4, -0.2) is 9.78 Å². The number of nitrogens with one attached hydrogen (secondary N) is 1. The van der Waals surface area contributed by atoms with Gasteiger partial charge in [0.25, 0.3) is 0 Å². The quantitative estimate of drug-likeness (QED) is 0.838. The van der Waals surface area contributed by atoms with Crippen LogP contribution in [0.15, 0.2) is 29.1 Å². The summed E-state index contributed by atoms with van der Waals surface area (Å²) in [6.07, 6.45) is 1.93. The Bertz CT molecular complexity index is 391. The Kier molecular flexibility index (Phi) is 2.54. The topological polar surface area (TPSA) is 29.9 Å². The van der Waals surface area contributed by atoms with E-state index in [1.54, 1.807) is 16.0 Å². The summed E-state index contributed by atoms with van der Waals surface area (Å²) < 4.78 is 1.79. The Morgan fingerprint density at radius 3 is 2.93 bits per heavy atom. The first-order valence-electron chi connectivity index (χ1n) is 4.54. The molecule has 0 spiro atoms. The van der Waals surface area contributed by atoms with Crippen molar-refractivity contribution < 1.29 is 0 Å². The highest BCUT2D eigenvalue weighted by Crippen LogP contribution is 2.19. The molecular formula is C10H13N3S. The maximum Gasteiger partial charge on any atom is 0.148 e. The molecule has 2 heterocycles. The normalized spacial score (nSPS) is 12.7. The molecule has 0 aliphatic heterocycles. The zero-order chi connectivity index (χ0) is 9.97. The van der Waals surface area contributed by atoms with Gasteiger partial charge in [-0.05, 0) is 29.3 Å². The van der Waals surface area contributed by atoms with Crippen molar-refractivity contribution >= 4 is 17.2 Å². The van der Waals surface area contributed by atoms with Crippen molar-refractivity contribution in [1.82, 2.24) is 9.78 Å². The largest absolute Gasteiger partial charge is 0.362 e. The van der Waals surface area contributed by atoms with Crippen molar-refractivity contribution in [3.05, 3.63) is 34.7 Å². The first kappa shape index (κ1) is 9.27. The summed E-state index contributed by atoms with van der Waals surface area (Å²) in [5.74, 6) is 0.922. The second-order valence-corrected chi connectivity index (χ2v) is 4.08. The molecule has 1 atom stereocenters. The van der Waals surface area contributed by atoms with Gasteiger partial charge < -0.3 is 5.32 Å². The van der Waals surface area contributed by atoms with Gasteiger partial charge in [-0.1, -0.05) is 0 Å². The van der Waals surface area contributed by atoms with Crippen molar-refractivity contribution in [2.75, 3.05) is 5.32 Å². The number of anilines is 1. The van der Waals surface area contributed by atoms with E-state index in [2.05, 4.69) is 34.2 Å². The van der Waals surface area contributed by atoms with Crippen LogP contribution in [0.3, 0.4) is 0 Å². The van der Waals surface area contributed by atoms with E-state index in [1.807, 2.05) is 19.3 Å². The predicted octanol–water partition coefficient (Wildman–Crippen LogP) is 2.65. The van der Waals surface area contributed by atoms with Crippen LogP contribution in [0.2, 0.25) is 0 Å². The van der Waals surface area contributed by atoms with Gasteiger partial charge in [0, 0.05) is 19.3 Å². The maximum atomic E-state index is 4.27. The Hall–Kier alpha value is -1.29. The molecule has 2 rings (SSSR count). The van der Waals surface area contributed by atoms with E-state index in [4.69, 9.17) is 0 Å². The number of nitrogens with zero attached hydrogens (tertiary/aromatic N) is 2. The molecule has 74 valence electrons. The molecule has 0 saturated heterocycles. The van der Waals surface area contributed by atoms with Gasteiger partial charge in [-0.2, -0.15) is 16.4 Å². The first-order valence-corrected chi connectivity index (χ1v) is 5.48. The van der Waals surface area contributed by atoms with Crippen molar-refractivity contribution in [2.45, 2.75) is 13.0 Å². The highest BCUT2D eigenvalue weighted by atomic mass is 32.1. The van der Waals surface area contributed by atoms with Crippen molar-refractivity contribution in [3.63, 3.8) is 0 Å². The fourth-order valence-corrected chi connectivity index (χ4v) is 2.07. The van der Waals surface area contributed by atoms with Crippen molar-refractivity contribution in [3.8, 4) is 0 Å². The Balaban J connectivity index is 2.05. The molecule has 0 saturated carbocycles. The fraction of sp³-hybridized carbons (Fsp3) is 0.300. The predicted molar refractivity (Wildman–Crippen MR) is 59.6 cm³/mol. The highest BCUT2D eigenvalue weighted by Gasteiger charge is 2.06. The lowest BCUT2D eigenvalue weighted by atomic mass is 10.2. The van der Waals surface area contributed by atoms with Gasteiger partial charge in [0.1, 0.15) is 5.82 Å². The van der Waals surface area contributed by atoms with Gasteiger partial charge in [-0.15, -0.1) is 0 Å². The lowest BCUT2D eigenvalue weighted by Crippen LogP contribution is -2.06. The third-order valence-corrected chi connectivity index (χ3v) is 2.82. The van der Waals surface area contributed by atoms with E-state index in [0.29, 0.717) is 6.04 Å². The second-order valence-electron chi connectivity index (χ2n) is 3.30. The number of thiophene rings is 1. The van der Waals surface area contributed by atoms with Crippen molar-refractivity contribution in [1.29, 1.82) is 0 Å². The summed E-state index contributed by atoms with van der Waals surface area (Å²) in [4.78, 5) is 0. The zero-order valence-corrected chi connectivity index (χ0v) is 9.08. The van der Waals surface area contributed by atoms with Crippen LogP contribution >= 0.6 is 11.3 Å². The second kappa shape index (κ2) is 3.84. The average Bonchev–Trinajstić information content (AvgIpc) is 2.75. The standard InChI is InChI=1S/C10H13N3S/c1-8(9-4-6-14-7-9)11-10-3-5-13(2)12-10/h3-8H,1-2H3,(H,11,12). The van der Waals surface area contributed by atoms with E-state index in [1.165, 1.54) is 5.56 Å². The molecule has 0 amide bonds. The third-order valence-electron chi connectivity index (χ3n) is 2.12. The SMILES string of the molecule is CC(Nc1ccn(C)n1)c1ccsc1. The summed E-state index contributed by atoms with van der Waals surface area (Å²) >= 11 is 1.72. The molecule has 2 aromatic heterocycles. The highest BCUT2D eigenvalue weighted by molar-refractivity contribution is 7.07. The Labute approximate surface area is 87.4 Å². The molecule has 0 aromatic carbocycles. The summed E-state index contributed by atoms with van der Waals surface area (Å²) in [6.45, 7) is 2.14. The fourth-order valence-electron chi connectivity index (χ4n) is 1.32. The molecule has 0 aliphatic rings. The molecule has 2 aromatic rings. The summed E-state index contributed by atoms with van der Waals surface area (Å²) in [5, 5.41) is 11.9. The lowest BCUT2D eigenvalue weighted by molar-refractivity contribution is 0.760.